The molecule has 16 heavy (non-hydrogen) atoms. The molecule has 0 aliphatic heterocycles. The molecule has 1 atom stereocenters. The van der Waals surface area contributed by atoms with Gasteiger partial charge < -0.3 is 5.11 Å². The van der Waals surface area contributed by atoms with Crippen LogP contribution in [0.1, 0.15) is 31.4 Å². The van der Waals surface area contributed by atoms with Crippen molar-refractivity contribution in [3.05, 3.63) is 35.9 Å². The molecule has 0 aliphatic rings. The summed E-state index contributed by atoms with van der Waals surface area (Å²) in [6.07, 6.45) is 0.434. The van der Waals surface area contributed by atoms with E-state index in [2.05, 4.69) is 0 Å². The highest BCUT2D eigenvalue weighted by Crippen LogP contribution is 2.17. The van der Waals surface area contributed by atoms with E-state index in [9.17, 15) is 13.5 Å². The van der Waals surface area contributed by atoms with Gasteiger partial charge in [-0.15, -0.1) is 0 Å². The van der Waals surface area contributed by atoms with E-state index >= 15 is 0 Å². The van der Waals surface area contributed by atoms with Crippen LogP contribution in [-0.2, 0) is 9.84 Å². The third kappa shape index (κ3) is 4.33. The van der Waals surface area contributed by atoms with Crippen LogP contribution in [0.3, 0.4) is 0 Å². The van der Waals surface area contributed by atoms with Crippen LogP contribution in [-0.4, -0.2) is 25.0 Å². The number of aliphatic hydroxyl groups excluding tert-OH is 1. The zero-order valence-corrected chi connectivity index (χ0v) is 10.3. The highest BCUT2D eigenvalue weighted by Gasteiger charge is 2.10. The molecule has 0 amide bonds. The van der Waals surface area contributed by atoms with Gasteiger partial charge in [-0.05, 0) is 18.4 Å². The number of sulfone groups is 1. The first-order valence-electron chi connectivity index (χ1n) is 5.48. The van der Waals surface area contributed by atoms with Gasteiger partial charge in [0.2, 0.25) is 0 Å². The third-order valence-electron chi connectivity index (χ3n) is 2.56. The maximum absolute atomic E-state index is 11.2. The summed E-state index contributed by atoms with van der Waals surface area (Å²) in [7, 11) is -2.91. The predicted molar refractivity (Wildman–Crippen MR) is 65.0 cm³/mol. The smallest absolute Gasteiger partial charge is 0.150 e. The molecule has 0 saturated heterocycles. The van der Waals surface area contributed by atoms with Crippen LogP contribution in [0.2, 0.25) is 0 Å². The van der Waals surface area contributed by atoms with Gasteiger partial charge in [0, 0.05) is 5.75 Å². The summed E-state index contributed by atoms with van der Waals surface area (Å²) in [5.41, 5.74) is 0.844. The first-order valence-corrected chi connectivity index (χ1v) is 7.30. The monoisotopic (exact) mass is 242 g/mol. The molecule has 1 N–H and O–H groups in total. The minimum Gasteiger partial charge on any atom is -0.388 e. The molecule has 1 aromatic carbocycles. The molecule has 4 heteroatoms. The van der Waals surface area contributed by atoms with E-state index in [1.54, 1.807) is 6.92 Å². The Bertz CT molecular complexity index is 398. The maximum Gasteiger partial charge on any atom is 0.150 e. The van der Waals surface area contributed by atoms with Crippen molar-refractivity contribution in [2.45, 2.75) is 25.9 Å². The molecule has 0 spiro atoms. The van der Waals surface area contributed by atoms with E-state index in [0.717, 1.165) is 5.56 Å². The molecule has 0 bridgehead atoms. The Morgan fingerprint density at radius 1 is 1.25 bits per heavy atom. The van der Waals surface area contributed by atoms with Crippen LogP contribution >= 0.6 is 0 Å². The second kappa shape index (κ2) is 6.01. The van der Waals surface area contributed by atoms with E-state index in [4.69, 9.17) is 0 Å². The van der Waals surface area contributed by atoms with Gasteiger partial charge in [0.15, 0.2) is 0 Å². The standard InChI is InChI=1S/C12H18O3S/c1-2-16(14,15)10-6-9-12(13)11-7-4-3-5-8-11/h3-5,7-8,12-13H,2,6,9-10H2,1H3. The fourth-order valence-corrected chi connectivity index (χ4v) is 2.38. The van der Waals surface area contributed by atoms with Crippen molar-refractivity contribution in [2.75, 3.05) is 11.5 Å². The minimum absolute atomic E-state index is 0.160. The fourth-order valence-electron chi connectivity index (χ4n) is 1.48. The van der Waals surface area contributed by atoms with Crippen molar-refractivity contribution in [3.8, 4) is 0 Å². The van der Waals surface area contributed by atoms with Crippen LogP contribution in [0.15, 0.2) is 30.3 Å². The molecular formula is C12H18O3S. The van der Waals surface area contributed by atoms with Crippen molar-refractivity contribution in [3.63, 3.8) is 0 Å². The van der Waals surface area contributed by atoms with Crippen molar-refractivity contribution >= 4 is 9.84 Å². The summed E-state index contributed by atoms with van der Waals surface area (Å²) in [5.74, 6) is 0.335. The molecule has 1 aromatic rings. The lowest BCUT2D eigenvalue weighted by molar-refractivity contribution is 0.166. The van der Waals surface area contributed by atoms with Crippen LogP contribution in [0.5, 0.6) is 0 Å². The van der Waals surface area contributed by atoms with Gasteiger partial charge in [0.05, 0.1) is 11.9 Å². The van der Waals surface area contributed by atoms with Gasteiger partial charge >= 0.3 is 0 Å². The Labute approximate surface area is 97.0 Å². The van der Waals surface area contributed by atoms with Gasteiger partial charge in [-0.1, -0.05) is 37.3 Å². The third-order valence-corrected chi connectivity index (χ3v) is 4.35. The number of hydrogen-bond acceptors (Lipinski definition) is 3. The highest BCUT2D eigenvalue weighted by atomic mass is 32.2. The summed E-state index contributed by atoms with van der Waals surface area (Å²) >= 11 is 0. The molecule has 0 aromatic heterocycles. The summed E-state index contributed by atoms with van der Waals surface area (Å²) < 4.78 is 22.5. The average molecular weight is 242 g/mol. The molecule has 0 saturated carbocycles. The molecule has 0 radical (unpaired) electrons. The van der Waals surface area contributed by atoms with Gasteiger partial charge in [0.1, 0.15) is 9.84 Å². The second-order valence-corrected chi connectivity index (χ2v) is 6.28. The summed E-state index contributed by atoms with van der Waals surface area (Å²) in [6.45, 7) is 1.64. The topological polar surface area (TPSA) is 54.4 Å². The lowest BCUT2D eigenvalue weighted by Crippen LogP contribution is -2.10. The largest absolute Gasteiger partial charge is 0.388 e. The van der Waals surface area contributed by atoms with Crippen LogP contribution in [0.4, 0.5) is 0 Å². The maximum atomic E-state index is 11.2. The Hall–Kier alpha value is -0.870. The van der Waals surface area contributed by atoms with Crippen molar-refractivity contribution in [1.82, 2.24) is 0 Å². The summed E-state index contributed by atoms with van der Waals surface area (Å²) in [5, 5.41) is 9.80. The Kier molecular flexibility index (Phi) is 4.96. The van der Waals surface area contributed by atoms with Gasteiger partial charge in [-0.3, -0.25) is 0 Å². The normalized spacial score (nSPS) is 13.6. The molecule has 3 nitrogen and oxygen atoms in total. The summed E-state index contributed by atoms with van der Waals surface area (Å²) in [4.78, 5) is 0. The second-order valence-electron chi connectivity index (χ2n) is 3.81. The molecule has 0 aliphatic carbocycles. The Balaban J connectivity index is 2.40. The number of aliphatic hydroxyl groups is 1. The summed E-state index contributed by atoms with van der Waals surface area (Å²) in [6, 6.07) is 9.30. The van der Waals surface area contributed by atoms with Gasteiger partial charge in [-0.25, -0.2) is 8.42 Å². The van der Waals surface area contributed by atoms with Gasteiger partial charge in [-0.2, -0.15) is 0 Å². The lowest BCUT2D eigenvalue weighted by atomic mass is 10.1. The number of rotatable bonds is 6. The molecule has 1 rings (SSSR count). The highest BCUT2D eigenvalue weighted by molar-refractivity contribution is 7.91. The quantitative estimate of drug-likeness (QED) is 0.829. The van der Waals surface area contributed by atoms with Crippen molar-refractivity contribution in [2.24, 2.45) is 0 Å². The zero-order chi connectivity index (χ0) is 12.0. The van der Waals surface area contributed by atoms with E-state index in [1.165, 1.54) is 0 Å². The van der Waals surface area contributed by atoms with Crippen LogP contribution in [0.25, 0.3) is 0 Å². The lowest BCUT2D eigenvalue weighted by Gasteiger charge is -2.10. The minimum atomic E-state index is -2.91. The van der Waals surface area contributed by atoms with Crippen molar-refractivity contribution in [1.29, 1.82) is 0 Å². The van der Waals surface area contributed by atoms with E-state index in [0.29, 0.717) is 12.8 Å². The van der Waals surface area contributed by atoms with E-state index in [-0.39, 0.29) is 11.5 Å². The van der Waals surface area contributed by atoms with E-state index < -0.39 is 15.9 Å². The molecular weight excluding hydrogens is 224 g/mol. The molecule has 1 unspecified atom stereocenters. The van der Waals surface area contributed by atoms with E-state index in [1.807, 2.05) is 30.3 Å². The number of hydrogen-bond donors (Lipinski definition) is 1. The SMILES string of the molecule is CCS(=O)(=O)CCCC(O)c1ccccc1. The van der Waals surface area contributed by atoms with Crippen LogP contribution in [0, 0.1) is 0 Å². The fraction of sp³-hybridized carbons (Fsp3) is 0.500. The van der Waals surface area contributed by atoms with Crippen LogP contribution < -0.4 is 0 Å². The molecule has 90 valence electrons. The first-order chi connectivity index (χ1) is 7.55. The zero-order valence-electron chi connectivity index (χ0n) is 9.46. The van der Waals surface area contributed by atoms with Gasteiger partial charge in [0.25, 0.3) is 0 Å². The Morgan fingerprint density at radius 3 is 2.44 bits per heavy atom. The first kappa shape index (κ1) is 13.2. The number of benzene rings is 1. The predicted octanol–water partition coefficient (Wildman–Crippen LogP) is 1.93. The molecule has 0 fully saturated rings. The molecule has 0 heterocycles. The Morgan fingerprint density at radius 2 is 1.88 bits per heavy atom. The average Bonchev–Trinajstić information content (AvgIpc) is 2.30. The van der Waals surface area contributed by atoms with Crippen molar-refractivity contribution < 1.29 is 13.5 Å².